The molecule has 0 bridgehead atoms. The summed E-state index contributed by atoms with van der Waals surface area (Å²) in [6.07, 6.45) is 1.39. The highest BCUT2D eigenvalue weighted by Gasteiger charge is 2.08. The van der Waals surface area contributed by atoms with Crippen molar-refractivity contribution < 1.29 is 0 Å². The molecule has 1 heterocycles. The van der Waals surface area contributed by atoms with E-state index in [0.29, 0.717) is 16.3 Å². The van der Waals surface area contributed by atoms with Gasteiger partial charge in [-0.05, 0) is 17.3 Å². The van der Waals surface area contributed by atoms with Gasteiger partial charge in [0.15, 0.2) is 0 Å². The Morgan fingerprint density at radius 3 is 2.89 bits per heavy atom. The number of halogens is 1. The smallest absolute Gasteiger partial charge is 0.216 e. The average molecular weight is 272 g/mol. The molecule has 0 aliphatic carbocycles. The molecule has 2 N–H and O–H groups in total. The standard InChI is InChI=1S/C11H6ClN7/c12-9-2-1-3-10(8(9)5-14)15-6-7(4-13)11-16-18-19-17-11/h1-3,6,15H,(H,16,17,18,19). The normalized spacial score (nSPS) is 10.6. The molecule has 1 aromatic carbocycles. The number of hydrogen-bond donors (Lipinski definition) is 2. The zero-order valence-corrected chi connectivity index (χ0v) is 10.2. The van der Waals surface area contributed by atoms with Crippen molar-refractivity contribution >= 4 is 22.9 Å². The minimum Gasteiger partial charge on any atom is -0.359 e. The average Bonchev–Trinajstić information content (AvgIpc) is 2.94. The summed E-state index contributed by atoms with van der Waals surface area (Å²) in [6.45, 7) is 0. The van der Waals surface area contributed by atoms with Crippen LogP contribution in [0.3, 0.4) is 0 Å². The number of allylic oxidation sites excluding steroid dienone is 1. The molecule has 0 spiro atoms. The molecular formula is C11H6ClN7. The highest BCUT2D eigenvalue weighted by molar-refractivity contribution is 6.32. The minimum absolute atomic E-state index is 0.163. The fraction of sp³-hybridized carbons (Fsp3) is 0. The summed E-state index contributed by atoms with van der Waals surface area (Å²) in [5.41, 5.74) is 0.967. The van der Waals surface area contributed by atoms with Gasteiger partial charge in [-0.3, -0.25) is 0 Å². The van der Waals surface area contributed by atoms with Crippen molar-refractivity contribution in [2.45, 2.75) is 0 Å². The Bertz CT molecular complexity index is 691. The second-order valence-corrected chi connectivity index (χ2v) is 3.73. The van der Waals surface area contributed by atoms with Crippen LogP contribution in [0, 0.1) is 22.7 Å². The Kier molecular flexibility index (Phi) is 3.72. The quantitative estimate of drug-likeness (QED) is 0.821. The number of H-pyrrole nitrogens is 1. The zero-order valence-electron chi connectivity index (χ0n) is 9.42. The molecule has 1 aromatic heterocycles. The van der Waals surface area contributed by atoms with Gasteiger partial charge in [-0.15, -0.1) is 10.2 Å². The molecule has 0 saturated heterocycles. The molecule has 92 valence electrons. The van der Waals surface area contributed by atoms with Gasteiger partial charge in [-0.25, -0.2) is 0 Å². The molecule has 8 heteroatoms. The SMILES string of the molecule is N#CC(=CNc1cccc(Cl)c1C#N)c1nn[nH]n1. The molecule has 19 heavy (non-hydrogen) atoms. The van der Waals surface area contributed by atoms with Gasteiger partial charge in [0, 0.05) is 6.20 Å². The van der Waals surface area contributed by atoms with Crippen LogP contribution in [0.25, 0.3) is 5.57 Å². The van der Waals surface area contributed by atoms with Gasteiger partial charge >= 0.3 is 0 Å². The van der Waals surface area contributed by atoms with E-state index in [1.165, 1.54) is 6.20 Å². The third kappa shape index (κ3) is 2.68. The number of rotatable bonds is 3. The monoisotopic (exact) mass is 271 g/mol. The molecule has 7 nitrogen and oxygen atoms in total. The van der Waals surface area contributed by atoms with Gasteiger partial charge in [0.2, 0.25) is 5.82 Å². The number of anilines is 1. The maximum atomic E-state index is 9.01. The van der Waals surface area contributed by atoms with Crippen molar-refractivity contribution in [1.82, 2.24) is 20.6 Å². The largest absolute Gasteiger partial charge is 0.359 e. The number of aromatic amines is 1. The van der Waals surface area contributed by atoms with Crippen molar-refractivity contribution in [3.05, 3.63) is 40.8 Å². The molecule has 0 fully saturated rings. The Labute approximate surface area is 113 Å². The molecule has 0 amide bonds. The van der Waals surface area contributed by atoms with Crippen LogP contribution >= 0.6 is 11.6 Å². The number of benzene rings is 1. The van der Waals surface area contributed by atoms with Gasteiger partial charge in [-0.2, -0.15) is 15.7 Å². The summed E-state index contributed by atoms with van der Waals surface area (Å²) in [4.78, 5) is 0. The van der Waals surface area contributed by atoms with Gasteiger partial charge < -0.3 is 5.32 Å². The molecule has 2 aromatic rings. The van der Waals surface area contributed by atoms with E-state index in [1.807, 2.05) is 12.1 Å². The van der Waals surface area contributed by atoms with Crippen molar-refractivity contribution in [3.8, 4) is 12.1 Å². The Hall–Kier alpha value is -2.90. The maximum absolute atomic E-state index is 9.01. The van der Waals surface area contributed by atoms with Crippen LogP contribution in [0.5, 0.6) is 0 Å². The third-order valence-corrected chi connectivity index (χ3v) is 2.52. The number of aromatic nitrogens is 4. The van der Waals surface area contributed by atoms with E-state index < -0.39 is 0 Å². The highest BCUT2D eigenvalue weighted by Crippen LogP contribution is 2.23. The summed E-state index contributed by atoms with van der Waals surface area (Å²) >= 11 is 5.89. The van der Waals surface area contributed by atoms with Crippen LogP contribution in [0.15, 0.2) is 24.4 Å². The third-order valence-electron chi connectivity index (χ3n) is 2.20. The van der Waals surface area contributed by atoms with E-state index in [9.17, 15) is 0 Å². The predicted molar refractivity (Wildman–Crippen MR) is 67.6 cm³/mol. The Morgan fingerprint density at radius 1 is 1.42 bits per heavy atom. The molecule has 0 saturated carbocycles. The number of tetrazole rings is 1. The molecule has 0 atom stereocenters. The van der Waals surface area contributed by atoms with Gasteiger partial charge in [-0.1, -0.05) is 17.7 Å². The lowest BCUT2D eigenvalue weighted by atomic mass is 10.2. The van der Waals surface area contributed by atoms with Crippen LogP contribution in [-0.2, 0) is 0 Å². The Balaban J connectivity index is 2.31. The fourth-order valence-corrected chi connectivity index (χ4v) is 1.55. The molecular weight excluding hydrogens is 266 g/mol. The van der Waals surface area contributed by atoms with E-state index in [2.05, 4.69) is 25.9 Å². The lowest BCUT2D eigenvalue weighted by molar-refractivity contribution is 0.881. The molecule has 0 aliphatic heterocycles. The van der Waals surface area contributed by atoms with Crippen molar-refractivity contribution in [3.63, 3.8) is 0 Å². The summed E-state index contributed by atoms with van der Waals surface area (Å²) in [7, 11) is 0. The number of nitrogens with zero attached hydrogens (tertiary/aromatic N) is 5. The Morgan fingerprint density at radius 2 is 2.26 bits per heavy atom. The highest BCUT2D eigenvalue weighted by atomic mass is 35.5. The van der Waals surface area contributed by atoms with Crippen molar-refractivity contribution in [2.24, 2.45) is 0 Å². The lowest BCUT2D eigenvalue weighted by Crippen LogP contribution is -1.95. The van der Waals surface area contributed by atoms with Crippen molar-refractivity contribution in [2.75, 3.05) is 5.32 Å². The summed E-state index contributed by atoms with van der Waals surface area (Å²) < 4.78 is 0. The summed E-state index contributed by atoms with van der Waals surface area (Å²) in [6, 6.07) is 8.89. The fourth-order valence-electron chi connectivity index (χ4n) is 1.33. The van der Waals surface area contributed by atoms with E-state index in [-0.39, 0.29) is 11.4 Å². The van der Waals surface area contributed by atoms with E-state index in [0.717, 1.165) is 0 Å². The van der Waals surface area contributed by atoms with Gasteiger partial charge in [0.25, 0.3) is 0 Å². The number of nitriles is 2. The number of hydrogen-bond acceptors (Lipinski definition) is 6. The predicted octanol–water partition coefficient (Wildman–Crippen LogP) is 1.70. The van der Waals surface area contributed by atoms with Crippen LogP contribution in [0.4, 0.5) is 5.69 Å². The lowest BCUT2D eigenvalue weighted by Gasteiger charge is -2.04. The van der Waals surface area contributed by atoms with Gasteiger partial charge in [0.1, 0.15) is 17.7 Å². The van der Waals surface area contributed by atoms with E-state index in [4.69, 9.17) is 22.1 Å². The van der Waals surface area contributed by atoms with E-state index in [1.54, 1.807) is 18.2 Å². The summed E-state index contributed by atoms with van der Waals surface area (Å²) in [5.74, 6) is 0.163. The molecule has 0 radical (unpaired) electrons. The van der Waals surface area contributed by atoms with Gasteiger partial charge in [0.05, 0.1) is 16.3 Å². The van der Waals surface area contributed by atoms with Crippen LogP contribution in [-0.4, -0.2) is 20.6 Å². The van der Waals surface area contributed by atoms with E-state index >= 15 is 0 Å². The second kappa shape index (κ2) is 5.63. The zero-order chi connectivity index (χ0) is 13.7. The van der Waals surface area contributed by atoms with Crippen LogP contribution in [0.2, 0.25) is 5.02 Å². The topological polar surface area (TPSA) is 114 Å². The molecule has 0 aliphatic rings. The first kappa shape index (κ1) is 12.6. The first-order chi connectivity index (χ1) is 9.26. The second-order valence-electron chi connectivity index (χ2n) is 3.32. The maximum Gasteiger partial charge on any atom is 0.216 e. The van der Waals surface area contributed by atoms with Crippen LogP contribution < -0.4 is 5.32 Å². The first-order valence-electron chi connectivity index (χ1n) is 5.05. The molecule has 0 unspecified atom stereocenters. The minimum atomic E-state index is 0.163. The molecule has 2 rings (SSSR count). The first-order valence-corrected chi connectivity index (χ1v) is 5.43. The van der Waals surface area contributed by atoms with Crippen molar-refractivity contribution in [1.29, 1.82) is 10.5 Å². The van der Waals surface area contributed by atoms with Crippen LogP contribution in [0.1, 0.15) is 11.4 Å². The summed E-state index contributed by atoms with van der Waals surface area (Å²) in [5, 5.41) is 34.2. The number of nitrogens with one attached hydrogen (secondary N) is 2.